The van der Waals surface area contributed by atoms with Gasteiger partial charge in [0, 0.05) is 17.7 Å². The molecule has 4 amide bonds. The van der Waals surface area contributed by atoms with Crippen molar-refractivity contribution >= 4 is 44.6 Å². The van der Waals surface area contributed by atoms with Crippen molar-refractivity contribution in [2.75, 3.05) is 13.7 Å². The molecule has 16 nitrogen and oxygen atoms in total. The molecule has 0 radical (unpaired) electrons. The van der Waals surface area contributed by atoms with Gasteiger partial charge in [0.2, 0.25) is 33.3 Å². The van der Waals surface area contributed by atoms with E-state index in [-0.39, 0.29) is 37.3 Å². The van der Waals surface area contributed by atoms with Crippen molar-refractivity contribution in [3.8, 4) is 28.8 Å². The molecule has 2 saturated carbocycles. The predicted octanol–water partition coefficient (Wildman–Crippen LogP) is 6.76. The number of fused-ring (bicyclic) bond motifs is 3. The topological polar surface area (TPSA) is 204 Å². The number of pyridine rings is 2. The summed E-state index contributed by atoms with van der Waals surface area (Å²) < 4.78 is 92.9. The molecule has 3 N–H and O–H groups in total. The highest BCUT2D eigenvalue weighted by Crippen LogP contribution is 2.46. The fraction of sp³-hybridized carbons (Fsp3) is 0.574. The maximum absolute atomic E-state index is 15.2. The van der Waals surface area contributed by atoms with E-state index in [2.05, 4.69) is 20.3 Å². The number of allylic oxidation sites excluding steroid dienone is 1. The second kappa shape index (κ2) is 19.1. The van der Waals surface area contributed by atoms with E-state index in [1.165, 1.54) is 12.0 Å². The van der Waals surface area contributed by atoms with Gasteiger partial charge in [-0.2, -0.15) is 13.2 Å². The van der Waals surface area contributed by atoms with Crippen molar-refractivity contribution < 1.29 is 59.7 Å². The van der Waals surface area contributed by atoms with Crippen LogP contribution in [0.4, 0.5) is 18.0 Å². The maximum atomic E-state index is 15.2. The normalized spacial score (nSPS) is 26.1. The van der Waals surface area contributed by atoms with E-state index in [0.29, 0.717) is 86.0 Å². The Morgan fingerprint density at radius 3 is 2.40 bits per heavy atom. The summed E-state index contributed by atoms with van der Waals surface area (Å²) in [5.74, 6) is -2.50. The van der Waals surface area contributed by atoms with Crippen LogP contribution in [0.2, 0.25) is 0 Å². The van der Waals surface area contributed by atoms with Gasteiger partial charge in [-0.25, -0.2) is 18.2 Å². The minimum absolute atomic E-state index is 0.0562. The SMILES string of the molecule is CC[C@@H]1C[C@@H](C)CCC=C[C@@H]2C[C@@]2(C(=O)NS(=O)(=O)C2CC2)NC(=O)[C@@H]2C[C@@H](Oc3nc(-c4ccc(OC(C)C)cn4)cc4cc(OC)ccc34)CN2C(=O)[C@H]1NC(=O)OC(C)(C)C(F)(F)F. The summed E-state index contributed by atoms with van der Waals surface area (Å²) in [6, 6.07) is 7.73. The number of hydrogen-bond acceptors (Lipinski definition) is 12. The summed E-state index contributed by atoms with van der Waals surface area (Å²) in [5, 5.41) is 5.77. The number of amides is 4. The zero-order chi connectivity index (χ0) is 48.6. The Kier molecular flexibility index (Phi) is 14.1. The highest BCUT2D eigenvalue weighted by atomic mass is 32.2. The Hall–Kier alpha value is -5.66. The minimum Gasteiger partial charge on any atom is -0.497 e. The van der Waals surface area contributed by atoms with Gasteiger partial charge in [0.15, 0.2) is 0 Å². The molecule has 2 aromatic heterocycles. The quantitative estimate of drug-likeness (QED) is 0.161. The van der Waals surface area contributed by atoms with E-state index in [1.54, 1.807) is 55.6 Å². The molecule has 4 heterocycles. The van der Waals surface area contributed by atoms with Crippen LogP contribution in [0.3, 0.4) is 0 Å². The number of aromatic nitrogens is 2. The van der Waals surface area contributed by atoms with Gasteiger partial charge in [-0.1, -0.05) is 32.4 Å². The second-order valence-electron chi connectivity index (χ2n) is 18.9. The minimum atomic E-state index is -4.94. The van der Waals surface area contributed by atoms with Crippen LogP contribution in [0, 0.1) is 17.8 Å². The lowest BCUT2D eigenvalue weighted by Crippen LogP contribution is -2.59. The molecule has 67 heavy (non-hydrogen) atoms. The van der Waals surface area contributed by atoms with Gasteiger partial charge in [0.25, 0.3) is 5.91 Å². The monoisotopic (exact) mass is 956 g/mol. The van der Waals surface area contributed by atoms with Crippen LogP contribution in [-0.2, 0) is 29.1 Å². The Bertz CT molecular complexity index is 2500. The van der Waals surface area contributed by atoms with Crippen LogP contribution in [0.15, 0.2) is 54.7 Å². The first kappa shape index (κ1) is 49.3. The number of sulfonamides is 1. The van der Waals surface area contributed by atoms with Crippen molar-refractivity contribution in [3.63, 3.8) is 0 Å². The molecule has 364 valence electrons. The molecule has 3 fully saturated rings. The fourth-order valence-electron chi connectivity index (χ4n) is 8.75. The van der Waals surface area contributed by atoms with Crippen LogP contribution in [0.5, 0.6) is 17.4 Å². The third-order valence-electron chi connectivity index (χ3n) is 12.9. The molecular weight excluding hydrogens is 898 g/mol. The standard InChI is InChI=1S/C47H59F3N6O10S/c1-8-28-19-27(4)11-9-10-12-30-23-46(30,43(59)55-67(61,62)34-15-16-34)54-40(57)38-22-33(25-56(38)42(58)39(28)53-44(60)66-45(5,6)47(48,49)50)65-41-35-17-13-31(63-7)20-29(35)21-37(52-41)36-18-14-32(24-51-36)64-26(2)3/h10,12-14,17-18,20-21,24,26-28,30,33-34,38-39H,8-9,11,15-16,19,22-23,25H2,1-7H3,(H,53,60)(H,54,57)(H,55,59)/t27-,28+,30+,33+,38-,39-,46+/m0/s1. The molecule has 7 rings (SSSR count). The molecular formula is C47H59F3N6O10S. The van der Waals surface area contributed by atoms with Crippen molar-refractivity contribution in [3.05, 3.63) is 54.7 Å². The average Bonchev–Trinajstić information content (AvgIpc) is 4.19. The molecule has 2 aliphatic carbocycles. The Morgan fingerprint density at radius 1 is 1.03 bits per heavy atom. The van der Waals surface area contributed by atoms with E-state index in [1.807, 2.05) is 26.8 Å². The van der Waals surface area contributed by atoms with Gasteiger partial charge in [-0.05, 0) is 120 Å². The average molecular weight is 957 g/mol. The Morgan fingerprint density at radius 2 is 1.76 bits per heavy atom. The molecule has 0 spiro atoms. The number of rotatable bonds is 12. The Balaban J connectivity index is 1.27. The summed E-state index contributed by atoms with van der Waals surface area (Å²) in [7, 11) is -2.49. The maximum Gasteiger partial charge on any atom is 0.427 e. The van der Waals surface area contributed by atoms with Crippen molar-refractivity contribution in [1.29, 1.82) is 0 Å². The van der Waals surface area contributed by atoms with Gasteiger partial charge >= 0.3 is 12.3 Å². The summed E-state index contributed by atoms with van der Waals surface area (Å²) in [6.45, 7) is 8.67. The highest BCUT2D eigenvalue weighted by molar-refractivity contribution is 7.91. The van der Waals surface area contributed by atoms with Crippen LogP contribution < -0.4 is 29.6 Å². The first-order chi connectivity index (χ1) is 31.5. The number of alkyl halides is 3. The van der Waals surface area contributed by atoms with Gasteiger partial charge in [0.1, 0.15) is 35.2 Å². The van der Waals surface area contributed by atoms with Crippen molar-refractivity contribution in [1.82, 2.24) is 30.2 Å². The number of nitrogens with zero attached hydrogens (tertiary/aromatic N) is 3. The summed E-state index contributed by atoms with van der Waals surface area (Å²) in [6.07, 6.45) is 0.327. The number of carbonyl (C=O) groups excluding carboxylic acids is 4. The lowest BCUT2D eigenvalue weighted by molar-refractivity contribution is -0.244. The first-order valence-corrected chi connectivity index (χ1v) is 24.3. The molecule has 1 saturated heterocycles. The lowest BCUT2D eigenvalue weighted by atomic mass is 9.85. The van der Waals surface area contributed by atoms with E-state index in [4.69, 9.17) is 23.9 Å². The van der Waals surface area contributed by atoms with Crippen LogP contribution in [-0.4, -0.2) is 108 Å². The van der Waals surface area contributed by atoms with Crippen LogP contribution >= 0.6 is 0 Å². The Labute approximate surface area is 388 Å². The van der Waals surface area contributed by atoms with Crippen molar-refractivity contribution in [2.24, 2.45) is 17.8 Å². The highest BCUT2D eigenvalue weighted by Gasteiger charge is 2.62. The summed E-state index contributed by atoms with van der Waals surface area (Å²) in [5.41, 5.74) is -3.68. The predicted molar refractivity (Wildman–Crippen MR) is 240 cm³/mol. The third kappa shape index (κ3) is 11.0. The smallest absolute Gasteiger partial charge is 0.427 e. The second-order valence-corrected chi connectivity index (χ2v) is 20.9. The van der Waals surface area contributed by atoms with E-state index >= 15 is 4.79 Å². The van der Waals surface area contributed by atoms with Crippen LogP contribution in [0.25, 0.3) is 22.2 Å². The molecule has 3 aromatic rings. The molecule has 1 aromatic carbocycles. The van der Waals surface area contributed by atoms with Gasteiger partial charge in [-0.15, -0.1) is 0 Å². The van der Waals surface area contributed by atoms with Crippen LogP contribution in [0.1, 0.15) is 92.9 Å². The number of benzene rings is 1. The van der Waals surface area contributed by atoms with Gasteiger partial charge in [0.05, 0.1) is 42.6 Å². The van der Waals surface area contributed by atoms with E-state index < -0.39 is 86.4 Å². The van der Waals surface area contributed by atoms with E-state index in [0.717, 1.165) is 0 Å². The van der Waals surface area contributed by atoms with Crippen molar-refractivity contribution in [2.45, 2.75) is 140 Å². The fourth-order valence-corrected chi connectivity index (χ4v) is 10.1. The number of methoxy groups -OCH3 is 1. The number of ether oxygens (including phenoxy) is 4. The molecule has 0 bridgehead atoms. The number of nitrogens with one attached hydrogen (secondary N) is 3. The largest absolute Gasteiger partial charge is 0.497 e. The summed E-state index contributed by atoms with van der Waals surface area (Å²) >= 11 is 0. The number of carbonyl (C=O) groups is 4. The molecule has 0 unspecified atom stereocenters. The molecule has 4 aliphatic rings. The van der Waals surface area contributed by atoms with E-state index in [9.17, 15) is 36.0 Å². The number of alkyl carbamates (subject to hydrolysis) is 1. The molecule has 7 atom stereocenters. The zero-order valence-electron chi connectivity index (χ0n) is 38.6. The number of hydrogen-bond donors (Lipinski definition) is 3. The molecule has 2 aliphatic heterocycles. The summed E-state index contributed by atoms with van der Waals surface area (Å²) in [4.78, 5) is 68.0. The third-order valence-corrected chi connectivity index (χ3v) is 14.7. The first-order valence-electron chi connectivity index (χ1n) is 22.7. The zero-order valence-corrected chi connectivity index (χ0v) is 39.5. The van der Waals surface area contributed by atoms with Gasteiger partial charge in [-0.3, -0.25) is 24.1 Å². The molecule has 20 heteroatoms. The lowest BCUT2D eigenvalue weighted by Gasteiger charge is -2.35. The van der Waals surface area contributed by atoms with Gasteiger partial charge < -0.3 is 34.5 Å². The number of halogens is 3.